The van der Waals surface area contributed by atoms with Crippen LogP contribution in [0.25, 0.3) is 0 Å². The molecule has 2 N–H and O–H groups in total. The molecule has 2 aliphatic rings. The van der Waals surface area contributed by atoms with Crippen molar-refractivity contribution in [3.05, 3.63) is 35.4 Å². The molecule has 156 valence electrons. The second kappa shape index (κ2) is 10.3. The molecule has 1 aliphatic heterocycles. The average molecular weight is 408 g/mol. The summed E-state index contributed by atoms with van der Waals surface area (Å²) in [6, 6.07) is 8.11. The van der Waals surface area contributed by atoms with Crippen LogP contribution in [-0.4, -0.2) is 54.3 Å². The number of benzene rings is 1. The fraction of sp³-hybridized carbons (Fsp3) is 0.636. The number of rotatable bonds is 5. The van der Waals surface area contributed by atoms with E-state index in [0.29, 0.717) is 45.6 Å². The van der Waals surface area contributed by atoms with Gasteiger partial charge >= 0.3 is 0 Å². The summed E-state index contributed by atoms with van der Waals surface area (Å²) in [5.74, 6) is 0.365. The molecule has 0 atom stereocenters. The van der Waals surface area contributed by atoms with Crippen LogP contribution < -0.4 is 5.73 Å². The van der Waals surface area contributed by atoms with Gasteiger partial charge in [0.1, 0.15) is 0 Å². The third kappa shape index (κ3) is 5.71. The monoisotopic (exact) mass is 407 g/mol. The van der Waals surface area contributed by atoms with Gasteiger partial charge in [-0.2, -0.15) is 0 Å². The Morgan fingerprint density at radius 2 is 1.46 bits per heavy atom. The molecule has 2 fully saturated rings. The summed E-state index contributed by atoms with van der Waals surface area (Å²) in [4.78, 5) is 29.2. The van der Waals surface area contributed by atoms with Crippen LogP contribution >= 0.6 is 12.4 Å². The molecular weight excluding hydrogens is 374 g/mol. The highest BCUT2D eigenvalue weighted by Gasteiger charge is 2.35. The number of nitrogens with zero attached hydrogens (tertiary/aromatic N) is 2. The SMILES string of the molecule is Cc1ccc(CC(=O)N2CCN(C(=O)CC3(CN)CCCCC3)CC2)cc1.Cl. The topological polar surface area (TPSA) is 66.6 Å². The van der Waals surface area contributed by atoms with Crippen LogP contribution in [0, 0.1) is 12.3 Å². The number of carbonyl (C=O) groups excluding carboxylic acids is 2. The lowest BCUT2D eigenvalue weighted by Crippen LogP contribution is -2.52. The van der Waals surface area contributed by atoms with Gasteiger partial charge in [0.05, 0.1) is 6.42 Å². The maximum Gasteiger partial charge on any atom is 0.227 e. The first-order valence-electron chi connectivity index (χ1n) is 10.3. The minimum absolute atomic E-state index is 0. The normalized spacial score (nSPS) is 19.1. The lowest BCUT2D eigenvalue weighted by molar-refractivity contribution is -0.141. The quantitative estimate of drug-likeness (QED) is 0.815. The van der Waals surface area contributed by atoms with E-state index in [9.17, 15) is 9.59 Å². The molecule has 1 saturated heterocycles. The number of nitrogens with two attached hydrogens (primary N) is 1. The first-order valence-corrected chi connectivity index (χ1v) is 10.3. The van der Waals surface area contributed by atoms with Crippen molar-refractivity contribution in [2.45, 2.75) is 51.9 Å². The van der Waals surface area contributed by atoms with Crippen molar-refractivity contribution >= 4 is 24.2 Å². The molecule has 3 rings (SSSR count). The summed E-state index contributed by atoms with van der Waals surface area (Å²) >= 11 is 0. The molecule has 1 saturated carbocycles. The Bertz CT molecular complexity index is 648. The van der Waals surface area contributed by atoms with E-state index in [4.69, 9.17) is 5.73 Å². The van der Waals surface area contributed by atoms with E-state index in [1.54, 1.807) is 0 Å². The van der Waals surface area contributed by atoms with Crippen molar-refractivity contribution in [1.82, 2.24) is 9.80 Å². The van der Waals surface area contributed by atoms with Gasteiger partial charge in [-0.1, -0.05) is 49.1 Å². The number of hydrogen-bond acceptors (Lipinski definition) is 3. The van der Waals surface area contributed by atoms with Crippen molar-refractivity contribution in [2.24, 2.45) is 11.1 Å². The number of piperazine rings is 1. The highest BCUT2D eigenvalue weighted by molar-refractivity contribution is 5.85. The number of hydrogen-bond donors (Lipinski definition) is 1. The van der Waals surface area contributed by atoms with E-state index in [1.165, 1.54) is 24.8 Å². The molecule has 1 aromatic carbocycles. The fourth-order valence-electron chi connectivity index (χ4n) is 4.39. The van der Waals surface area contributed by atoms with Gasteiger partial charge < -0.3 is 15.5 Å². The predicted octanol–water partition coefficient (Wildman–Crippen LogP) is 2.93. The van der Waals surface area contributed by atoms with E-state index in [1.807, 2.05) is 41.0 Å². The minimum Gasteiger partial charge on any atom is -0.339 e. The second-order valence-electron chi connectivity index (χ2n) is 8.37. The van der Waals surface area contributed by atoms with Gasteiger partial charge in [0.2, 0.25) is 11.8 Å². The molecule has 0 radical (unpaired) electrons. The van der Waals surface area contributed by atoms with Crippen molar-refractivity contribution in [2.75, 3.05) is 32.7 Å². The molecule has 28 heavy (non-hydrogen) atoms. The summed E-state index contributed by atoms with van der Waals surface area (Å²) in [6.07, 6.45) is 6.79. The maximum atomic E-state index is 12.8. The Morgan fingerprint density at radius 3 is 2.00 bits per heavy atom. The Kier molecular flexibility index (Phi) is 8.32. The lowest BCUT2D eigenvalue weighted by Gasteiger charge is -2.39. The molecule has 6 heteroatoms. The number of aryl methyl sites for hydroxylation is 1. The predicted molar refractivity (Wildman–Crippen MR) is 114 cm³/mol. The van der Waals surface area contributed by atoms with Gasteiger partial charge in [0.25, 0.3) is 0 Å². The first-order chi connectivity index (χ1) is 13.0. The molecule has 2 amide bonds. The molecule has 0 aromatic heterocycles. The van der Waals surface area contributed by atoms with Crippen molar-refractivity contribution in [3.63, 3.8) is 0 Å². The third-order valence-corrected chi connectivity index (χ3v) is 6.33. The lowest BCUT2D eigenvalue weighted by atomic mass is 9.71. The zero-order valence-electron chi connectivity index (χ0n) is 17.0. The van der Waals surface area contributed by atoms with Gasteiger partial charge in [0, 0.05) is 32.6 Å². The van der Waals surface area contributed by atoms with Crippen molar-refractivity contribution in [1.29, 1.82) is 0 Å². The summed E-state index contributed by atoms with van der Waals surface area (Å²) in [6.45, 7) is 5.19. The zero-order valence-corrected chi connectivity index (χ0v) is 17.8. The number of carbonyl (C=O) groups is 2. The Hall–Kier alpha value is -1.59. The highest BCUT2D eigenvalue weighted by atomic mass is 35.5. The molecule has 1 aromatic rings. The average Bonchev–Trinajstić information content (AvgIpc) is 2.70. The Balaban J connectivity index is 0.00000280. The first kappa shape index (κ1) is 22.7. The molecule has 1 aliphatic carbocycles. The van der Waals surface area contributed by atoms with Gasteiger partial charge in [-0.25, -0.2) is 0 Å². The molecule has 5 nitrogen and oxygen atoms in total. The van der Waals surface area contributed by atoms with Crippen LogP contribution in [0.15, 0.2) is 24.3 Å². The van der Waals surface area contributed by atoms with Crippen molar-refractivity contribution < 1.29 is 9.59 Å². The van der Waals surface area contributed by atoms with Crippen LogP contribution in [0.1, 0.15) is 49.7 Å². The van der Waals surface area contributed by atoms with E-state index in [2.05, 4.69) is 0 Å². The summed E-state index contributed by atoms with van der Waals surface area (Å²) in [5.41, 5.74) is 8.29. The Morgan fingerprint density at radius 1 is 0.929 bits per heavy atom. The van der Waals surface area contributed by atoms with E-state index < -0.39 is 0 Å². The largest absolute Gasteiger partial charge is 0.339 e. The van der Waals surface area contributed by atoms with Gasteiger partial charge in [-0.05, 0) is 37.3 Å². The third-order valence-electron chi connectivity index (χ3n) is 6.33. The fourth-order valence-corrected chi connectivity index (χ4v) is 4.39. The van der Waals surface area contributed by atoms with Crippen LogP contribution in [-0.2, 0) is 16.0 Å². The summed E-state index contributed by atoms with van der Waals surface area (Å²) < 4.78 is 0. The zero-order chi connectivity index (χ0) is 19.3. The molecule has 1 heterocycles. The van der Waals surface area contributed by atoms with Crippen LogP contribution in [0.4, 0.5) is 0 Å². The van der Waals surface area contributed by atoms with E-state index in [0.717, 1.165) is 18.4 Å². The molecule has 0 bridgehead atoms. The number of amides is 2. The minimum atomic E-state index is 0. The molecular formula is C22H34ClN3O2. The highest BCUT2D eigenvalue weighted by Crippen LogP contribution is 2.38. The van der Waals surface area contributed by atoms with Crippen LogP contribution in [0.2, 0.25) is 0 Å². The summed E-state index contributed by atoms with van der Waals surface area (Å²) in [5, 5.41) is 0. The maximum absolute atomic E-state index is 12.8. The van der Waals surface area contributed by atoms with E-state index in [-0.39, 0.29) is 29.6 Å². The van der Waals surface area contributed by atoms with Gasteiger partial charge in [-0.3, -0.25) is 9.59 Å². The smallest absolute Gasteiger partial charge is 0.227 e. The molecule has 0 unspecified atom stereocenters. The number of halogens is 1. The van der Waals surface area contributed by atoms with Crippen LogP contribution in [0.3, 0.4) is 0 Å². The Labute approximate surface area is 175 Å². The van der Waals surface area contributed by atoms with Gasteiger partial charge in [0.15, 0.2) is 0 Å². The van der Waals surface area contributed by atoms with Crippen LogP contribution in [0.5, 0.6) is 0 Å². The van der Waals surface area contributed by atoms with Crippen molar-refractivity contribution in [3.8, 4) is 0 Å². The second-order valence-corrected chi connectivity index (χ2v) is 8.37. The van der Waals surface area contributed by atoms with Gasteiger partial charge in [-0.15, -0.1) is 12.4 Å². The molecule has 0 spiro atoms. The summed E-state index contributed by atoms with van der Waals surface area (Å²) in [7, 11) is 0. The standard InChI is InChI=1S/C22H33N3O2.ClH/c1-18-5-7-19(8-6-18)15-20(26)24-11-13-25(14-12-24)21(27)16-22(17-23)9-3-2-4-10-22;/h5-8H,2-4,9-17,23H2,1H3;1H. The van der Waals surface area contributed by atoms with E-state index >= 15 is 0 Å².